The Morgan fingerprint density at radius 3 is 2.24 bits per heavy atom. The third-order valence-electron chi connectivity index (χ3n) is 6.64. The highest BCUT2D eigenvalue weighted by atomic mass is 32.2. The Kier molecular flexibility index (Phi) is 11.1. The third-order valence-corrected chi connectivity index (χ3v) is 8.00. The van der Waals surface area contributed by atoms with Crippen molar-refractivity contribution in [3.63, 3.8) is 0 Å². The second-order valence-electron chi connectivity index (χ2n) is 9.92. The van der Waals surface area contributed by atoms with Crippen molar-refractivity contribution in [1.29, 1.82) is 0 Å². The first kappa shape index (κ1) is 32.6. The van der Waals surface area contributed by atoms with E-state index in [-0.39, 0.29) is 23.1 Å². The van der Waals surface area contributed by atoms with E-state index >= 15 is 0 Å². The Morgan fingerprint density at radius 1 is 0.844 bits per heavy atom. The van der Waals surface area contributed by atoms with E-state index in [4.69, 9.17) is 4.74 Å². The minimum Gasteiger partial charge on any atom is -0.508 e. The van der Waals surface area contributed by atoms with Gasteiger partial charge in [-0.2, -0.15) is 0 Å². The fraction of sp³-hybridized carbons (Fsp3) is 0.143. The second kappa shape index (κ2) is 15.4. The molecule has 0 saturated heterocycles. The van der Waals surface area contributed by atoms with Gasteiger partial charge in [-0.15, -0.1) is 11.8 Å². The number of aromatic hydroxyl groups is 1. The number of thioether (sulfide) groups is 1. The number of Topliss-reactive ketones (excluding diaryl/α,β-unsaturated/α-hetero) is 1. The molecule has 230 valence electrons. The zero-order valence-electron chi connectivity index (χ0n) is 25.0. The number of phenols is 1. The molecular formula is C35H33N3O6S. The van der Waals surface area contributed by atoms with Crippen LogP contribution in [0.25, 0.3) is 6.08 Å². The van der Waals surface area contributed by atoms with Gasteiger partial charge in [0, 0.05) is 39.0 Å². The van der Waals surface area contributed by atoms with Gasteiger partial charge in [-0.25, -0.2) is 0 Å². The maximum absolute atomic E-state index is 13.5. The van der Waals surface area contributed by atoms with E-state index < -0.39 is 17.1 Å². The topological polar surface area (TPSA) is 134 Å². The van der Waals surface area contributed by atoms with E-state index in [0.717, 1.165) is 4.90 Å². The first-order valence-electron chi connectivity index (χ1n) is 14.1. The zero-order chi connectivity index (χ0) is 32.3. The summed E-state index contributed by atoms with van der Waals surface area (Å²) < 4.78 is 5.35. The summed E-state index contributed by atoms with van der Waals surface area (Å²) in [5, 5.41) is 17.8. The molecule has 0 fully saturated rings. The number of anilines is 2. The Morgan fingerprint density at radius 2 is 1.58 bits per heavy atom. The Hall–Kier alpha value is -5.35. The molecule has 0 aliphatic heterocycles. The average Bonchev–Trinajstić information content (AvgIpc) is 3.04. The van der Waals surface area contributed by atoms with Crippen molar-refractivity contribution in [1.82, 2.24) is 5.32 Å². The van der Waals surface area contributed by atoms with E-state index in [1.54, 1.807) is 78.9 Å². The highest BCUT2D eigenvalue weighted by molar-refractivity contribution is 8.00. The molecule has 0 aromatic heterocycles. The van der Waals surface area contributed by atoms with Crippen LogP contribution in [-0.4, -0.2) is 41.0 Å². The molecule has 0 aliphatic rings. The number of nitrogens with one attached hydrogen (secondary N) is 3. The van der Waals surface area contributed by atoms with Crippen LogP contribution in [0.1, 0.15) is 46.5 Å². The number of hydrogen-bond acceptors (Lipinski definition) is 7. The van der Waals surface area contributed by atoms with Crippen LogP contribution in [0.15, 0.2) is 108 Å². The number of amides is 3. The number of carbonyl (C=O) groups excluding carboxylic acids is 4. The van der Waals surface area contributed by atoms with Gasteiger partial charge < -0.3 is 25.8 Å². The first-order chi connectivity index (χ1) is 21.7. The summed E-state index contributed by atoms with van der Waals surface area (Å²) in [6, 6.07) is 26.7. The van der Waals surface area contributed by atoms with Crippen LogP contribution in [0.5, 0.6) is 11.5 Å². The van der Waals surface area contributed by atoms with Crippen molar-refractivity contribution < 1.29 is 29.0 Å². The van der Waals surface area contributed by atoms with E-state index in [1.807, 2.05) is 13.0 Å². The lowest BCUT2D eigenvalue weighted by Gasteiger charge is -2.16. The van der Waals surface area contributed by atoms with Gasteiger partial charge in [0.1, 0.15) is 17.2 Å². The third kappa shape index (κ3) is 9.07. The standard InChI is InChI=1S/C35H33N3O6S/c1-4-32(35(43)36-26-16-13-23(14-17-26)22(2)39)45-29-12-8-11-27(20-29)37-34(42)30(38-33(41)24-9-6-5-7-10-24)19-25-15-18-28(40)21-31(25)44-3/h5-21,32,40H,4H2,1-3H3,(H,36,43)(H,37,42)(H,38,41)/b30-19+. The summed E-state index contributed by atoms with van der Waals surface area (Å²) in [6.45, 7) is 3.39. The Balaban J connectivity index is 1.52. The lowest BCUT2D eigenvalue weighted by molar-refractivity contribution is -0.116. The van der Waals surface area contributed by atoms with Crippen molar-refractivity contribution >= 4 is 52.7 Å². The molecule has 0 saturated carbocycles. The fourth-order valence-corrected chi connectivity index (χ4v) is 5.27. The van der Waals surface area contributed by atoms with E-state index in [0.29, 0.717) is 40.2 Å². The number of benzene rings is 4. The Bertz CT molecular complexity index is 1720. The number of hydrogen-bond donors (Lipinski definition) is 4. The quantitative estimate of drug-likeness (QED) is 0.0802. The van der Waals surface area contributed by atoms with Crippen LogP contribution >= 0.6 is 11.8 Å². The van der Waals surface area contributed by atoms with Crippen molar-refractivity contribution in [2.75, 3.05) is 17.7 Å². The predicted molar refractivity (Wildman–Crippen MR) is 177 cm³/mol. The SMILES string of the molecule is CCC(Sc1cccc(NC(=O)/C(=C\c2ccc(O)cc2OC)NC(=O)c2ccccc2)c1)C(=O)Nc1ccc(C(C)=O)cc1. The molecule has 1 atom stereocenters. The molecule has 0 spiro atoms. The number of ether oxygens (including phenoxy) is 1. The number of rotatable bonds is 12. The molecule has 4 rings (SSSR count). The van der Waals surface area contributed by atoms with Gasteiger partial charge in [0.2, 0.25) is 5.91 Å². The molecule has 4 N–H and O–H groups in total. The molecule has 4 aromatic carbocycles. The molecule has 0 aliphatic carbocycles. The lowest BCUT2D eigenvalue weighted by atomic mass is 10.1. The Labute approximate surface area is 265 Å². The van der Waals surface area contributed by atoms with E-state index in [2.05, 4.69) is 16.0 Å². The van der Waals surface area contributed by atoms with Crippen LogP contribution in [0.3, 0.4) is 0 Å². The minimum absolute atomic E-state index is 0.0115. The monoisotopic (exact) mass is 623 g/mol. The summed E-state index contributed by atoms with van der Waals surface area (Å²) in [6.07, 6.45) is 2.01. The van der Waals surface area contributed by atoms with Gasteiger partial charge in [-0.05, 0) is 86.2 Å². The van der Waals surface area contributed by atoms with Crippen LogP contribution in [0.2, 0.25) is 0 Å². The largest absolute Gasteiger partial charge is 0.508 e. The molecular weight excluding hydrogens is 590 g/mol. The number of methoxy groups -OCH3 is 1. The first-order valence-corrected chi connectivity index (χ1v) is 15.0. The number of ketones is 1. The maximum atomic E-state index is 13.5. The van der Waals surface area contributed by atoms with Gasteiger partial charge in [0.25, 0.3) is 11.8 Å². The molecule has 1 unspecified atom stereocenters. The minimum atomic E-state index is -0.588. The van der Waals surface area contributed by atoms with Crippen LogP contribution in [0.4, 0.5) is 11.4 Å². The van der Waals surface area contributed by atoms with Crippen molar-refractivity contribution in [3.05, 3.63) is 119 Å². The van der Waals surface area contributed by atoms with Crippen molar-refractivity contribution in [3.8, 4) is 11.5 Å². The molecule has 0 radical (unpaired) electrons. The highest BCUT2D eigenvalue weighted by Crippen LogP contribution is 2.29. The van der Waals surface area contributed by atoms with E-state index in [1.165, 1.54) is 44.0 Å². The van der Waals surface area contributed by atoms with Gasteiger partial charge >= 0.3 is 0 Å². The van der Waals surface area contributed by atoms with Crippen LogP contribution in [-0.2, 0) is 9.59 Å². The summed E-state index contributed by atoms with van der Waals surface area (Å²) in [5.74, 6) is -1.01. The molecule has 45 heavy (non-hydrogen) atoms. The molecule has 10 heteroatoms. The van der Waals surface area contributed by atoms with Gasteiger partial charge in [-0.3, -0.25) is 19.2 Å². The summed E-state index contributed by atoms with van der Waals surface area (Å²) in [5.41, 5.74) is 2.39. The summed E-state index contributed by atoms with van der Waals surface area (Å²) >= 11 is 1.35. The smallest absolute Gasteiger partial charge is 0.272 e. The van der Waals surface area contributed by atoms with E-state index in [9.17, 15) is 24.3 Å². The maximum Gasteiger partial charge on any atom is 0.272 e. The molecule has 0 bridgehead atoms. The van der Waals surface area contributed by atoms with Gasteiger partial charge in [-0.1, -0.05) is 31.2 Å². The normalized spacial score (nSPS) is 11.7. The van der Waals surface area contributed by atoms with Crippen LogP contribution < -0.4 is 20.7 Å². The highest BCUT2D eigenvalue weighted by Gasteiger charge is 2.20. The molecule has 3 amide bonds. The lowest BCUT2D eigenvalue weighted by Crippen LogP contribution is -2.30. The van der Waals surface area contributed by atoms with Gasteiger partial charge in [0.05, 0.1) is 12.4 Å². The number of carbonyl (C=O) groups is 4. The van der Waals surface area contributed by atoms with Crippen molar-refractivity contribution in [2.24, 2.45) is 0 Å². The van der Waals surface area contributed by atoms with Crippen molar-refractivity contribution in [2.45, 2.75) is 30.4 Å². The summed E-state index contributed by atoms with van der Waals surface area (Å²) in [4.78, 5) is 51.9. The summed E-state index contributed by atoms with van der Waals surface area (Å²) in [7, 11) is 1.44. The average molecular weight is 624 g/mol. The van der Waals surface area contributed by atoms with Gasteiger partial charge in [0.15, 0.2) is 5.78 Å². The predicted octanol–water partition coefficient (Wildman–Crippen LogP) is 6.52. The fourth-order valence-electron chi connectivity index (χ4n) is 4.26. The number of phenolic OH excluding ortho intramolecular Hbond substituents is 1. The zero-order valence-corrected chi connectivity index (χ0v) is 25.8. The molecule has 4 aromatic rings. The second-order valence-corrected chi connectivity index (χ2v) is 11.2. The van der Waals surface area contributed by atoms with Crippen LogP contribution in [0, 0.1) is 0 Å². The molecule has 0 heterocycles. The molecule has 9 nitrogen and oxygen atoms in total.